The maximum Gasteiger partial charge on any atom is 0.432 e. The molecule has 5 aromatic rings. The minimum Gasteiger partial charge on any atom is -0.429 e. The smallest absolute Gasteiger partial charge is 0.429 e. The molecule has 0 saturated carbocycles. The molecule has 0 aliphatic heterocycles. The third-order valence-corrected chi connectivity index (χ3v) is 7.22. The van der Waals surface area contributed by atoms with Crippen LogP contribution in [0.15, 0.2) is 85.1 Å². The second-order valence-corrected chi connectivity index (χ2v) is 10.4. The first-order chi connectivity index (χ1) is 21.5. The highest BCUT2D eigenvalue weighted by atomic mass is 19.3. The number of benzene rings is 4. The van der Waals surface area contributed by atoms with Crippen molar-refractivity contribution in [3.63, 3.8) is 0 Å². The summed E-state index contributed by atoms with van der Waals surface area (Å²) in [5.41, 5.74) is -0.824. The summed E-state index contributed by atoms with van der Waals surface area (Å²) in [6.45, 7) is 2.08. The van der Waals surface area contributed by atoms with E-state index in [1.165, 1.54) is 18.2 Å². The lowest BCUT2D eigenvalue weighted by Gasteiger charge is -2.20. The Balaban J connectivity index is 1.34. The van der Waals surface area contributed by atoms with Gasteiger partial charge in [0.05, 0.1) is 5.69 Å². The maximum absolute atomic E-state index is 15.0. The van der Waals surface area contributed by atoms with Crippen LogP contribution in [0.2, 0.25) is 0 Å². The van der Waals surface area contributed by atoms with Gasteiger partial charge in [-0.3, -0.25) is 4.98 Å². The Morgan fingerprint density at radius 3 is 1.78 bits per heavy atom. The molecule has 0 aliphatic rings. The second kappa shape index (κ2) is 13.1. The monoisotopic (exact) mass is 627 g/mol. The van der Waals surface area contributed by atoms with Crippen molar-refractivity contribution < 1.29 is 39.9 Å². The molecule has 10 heteroatoms. The summed E-state index contributed by atoms with van der Waals surface area (Å²) >= 11 is 0. The molecule has 4 aromatic carbocycles. The molecule has 1 heterocycles. The van der Waals surface area contributed by atoms with Gasteiger partial charge in [0.2, 0.25) is 0 Å². The molecule has 0 spiro atoms. The van der Waals surface area contributed by atoms with Crippen LogP contribution in [0.3, 0.4) is 0 Å². The van der Waals surface area contributed by atoms with Crippen molar-refractivity contribution >= 4 is 0 Å². The quantitative estimate of drug-likeness (QED) is 0.114. The third kappa shape index (κ3) is 7.00. The Bertz CT molecular complexity index is 1820. The number of ether oxygens (including phenoxy) is 1. The predicted molar refractivity (Wildman–Crippen MR) is 154 cm³/mol. The topological polar surface area (TPSA) is 22.1 Å². The van der Waals surface area contributed by atoms with E-state index in [1.807, 2.05) is 0 Å². The Hall–Kier alpha value is -4.73. The van der Waals surface area contributed by atoms with Gasteiger partial charge in [0, 0.05) is 29.0 Å². The molecular formula is C35H25F8NO. The van der Waals surface area contributed by atoms with Gasteiger partial charge in [-0.15, -0.1) is 0 Å². The second-order valence-electron chi connectivity index (χ2n) is 10.4. The van der Waals surface area contributed by atoms with E-state index in [-0.39, 0.29) is 33.5 Å². The molecule has 1 aromatic heterocycles. The first kappa shape index (κ1) is 31.7. The normalized spacial score (nSPS) is 11.6. The standard InChI is InChI=1S/C35H25F8NO/c1-2-3-4-5-20-6-13-33(44-19-20)23-16-31(40)34(32(41)17-23)35(42,43)45-24-9-11-26(29(38)18-24)21-7-10-25(28(37)14-21)22-8-12-27(36)30(39)15-22/h6-19H,2-5H2,1H3. The zero-order chi connectivity index (χ0) is 32.3. The summed E-state index contributed by atoms with van der Waals surface area (Å²) in [4.78, 5) is 4.20. The SMILES string of the molecule is CCCCCc1ccc(-c2cc(F)c(C(F)(F)Oc3ccc(-c4ccc(-c5ccc(F)c(F)c5)c(F)c4)c(F)c3)c(F)c2)nc1. The molecule has 5 rings (SSSR count). The molecule has 0 saturated heterocycles. The number of hydrogen-bond donors (Lipinski definition) is 0. The molecule has 232 valence electrons. The number of nitrogens with zero attached hydrogens (tertiary/aromatic N) is 1. The van der Waals surface area contributed by atoms with Crippen molar-refractivity contribution in [2.24, 2.45) is 0 Å². The highest BCUT2D eigenvalue weighted by Crippen LogP contribution is 2.38. The van der Waals surface area contributed by atoms with Gasteiger partial charge in [-0.1, -0.05) is 44.0 Å². The summed E-state index contributed by atoms with van der Waals surface area (Å²) < 4.78 is 121. The van der Waals surface area contributed by atoms with Crippen LogP contribution in [0, 0.1) is 34.9 Å². The number of halogens is 8. The maximum atomic E-state index is 15.0. The van der Waals surface area contributed by atoms with Crippen LogP contribution in [0.25, 0.3) is 33.5 Å². The minimum absolute atomic E-state index is 0.00456. The minimum atomic E-state index is -4.53. The lowest BCUT2D eigenvalue weighted by molar-refractivity contribution is -0.189. The summed E-state index contributed by atoms with van der Waals surface area (Å²) in [5.74, 6) is -8.17. The van der Waals surface area contributed by atoms with Gasteiger partial charge in [-0.25, -0.2) is 26.3 Å². The van der Waals surface area contributed by atoms with Gasteiger partial charge in [0.1, 0.15) is 34.6 Å². The molecule has 0 amide bonds. The van der Waals surface area contributed by atoms with Gasteiger partial charge < -0.3 is 4.74 Å². The van der Waals surface area contributed by atoms with Crippen molar-refractivity contribution in [1.82, 2.24) is 4.98 Å². The molecular weight excluding hydrogens is 602 g/mol. The fraction of sp³-hybridized carbons (Fsp3) is 0.171. The molecule has 0 unspecified atom stereocenters. The van der Waals surface area contributed by atoms with Crippen LogP contribution in [0.4, 0.5) is 35.1 Å². The van der Waals surface area contributed by atoms with E-state index in [4.69, 9.17) is 0 Å². The van der Waals surface area contributed by atoms with Crippen molar-refractivity contribution in [3.05, 3.63) is 131 Å². The van der Waals surface area contributed by atoms with Crippen LogP contribution in [0.1, 0.15) is 37.3 Å². The van der Waals surface area contributed by atoms with Crippen molar-refractivity contribution in [2.45, 2.75) is 38.7 Å². The summed E-state index contributed by atoms with van der Waals surface area (Å²) in [7, 11) is 0. The van der Waals surface area contributed by atoms with E-state index in [2.05, 4.69) is 16.6 Å². The molecule has 0 fully saturated rings. The van der Waals surface area contributed by atoms with E-state index >= 15 is 8.78 Å². The molecule has 0 aliphatic carbocycles. The number of alkyl halides is 2. The number of unbranched alkanes of at least 4 members (excludes halogenated alkanes) is 2. The van der Waals surface area contributed by atoms with Crippen LogP contribution in [0.5, 0.6) is 5.75 Å². The van der Waals surface area contributed by atoms with Crippen LogP contribution in [-0.4, -0.2) is 4.98 Å². The van der Waals surface area contributed by atoms with Gasteiger partial charge in [-0.05, 0) is 78.1 Å². The van der Waals surface area contributed by atoms with Crippen LogP contribution in [-0.2, 0) is 12.5 Å². The van der Waals surface area contributed by atoms with Crippen molar-refractivity contribution in [1.29, 1.82) is 0 Å². The van der Waals surface area contributed by atoms with E-state index < -0.39 is 52.3 Å². The Kier molecular flexibility index (Phi) is 9.22. The van der Waals surface area contributed by atoms with Crippen LogP contribution >= 0.6 is 0 Å². The number of aromatic nitrogens is 1. The predicted octanol–water partition coefficient (Wildman–Crippen LogP) is 10.8. The van der Waals surface area contributed by atoms with Crippen molar-refractivity contribution in [3.8, 4) is 39.3 Å². The first-order valence-electron chi connectivity index (χ1n) is 14.0. The Morgan fingerprint density at radius 2 is 1.20 bits per heavy atom. The van der Waals surface area contributed by atoms with Gasteiger partial charge >= 0.3 is 6.11 Å². The molecule has 0 N–H and O–H groups in total. The van der Waals surface area contributed by atoms with Gasteiger partial charge in [-0.2, -0.15) is 8.78 Å². The zero-order valence-corrected chi connectivity index (χ0v) is 23.8. The van der Waals surface area contributed by atoms with Crippen LogP contribution < -0.4 is 4.74 Å². The number of hydrogen-bond acceptors (Lipinski definition) is 2. The molecule has 0 atom stereocenters. The summed E-state index contributed by atoms with van der Waals surface area (Å²) in [5, 5.41) is 0. The highest BCUT2D eigenvalue weighted by molar-refractivity contribution is 5.72. The average Bonchev–Trinajstić information content (AvgIpc) is 2.98. The number of aryl methyl sites for hydroxylation is 1. The van der Waals surface area contributed by atoms with Gasteiger partial charge in [0.15, 0.2) is 11.6 Å². The largest absolute Gasteiger partial charge is 0.432 e. The lowest BCUT2D eigenvalue weighted by Crippen LogP contribution is -2.25. The van der Waals surface area contributed by atoms with E-state index in [9.17, 15) is 26.3 Å². The zero-order valence-electron chi connectivity index (χ0n) is 23.8. The molecule has 2 nitrogen and oxygen atoms in total. The third-order valence-electron chi connectivity index (χ3n) is 7.22. The Morgan fingerprint density at radius 1 is 0.600 bits per heavy atom. The number of pyridine rings is 1. The average molecular weight is 628 g/mol. The fourth-order valence-electron chi connectivity index (χ4n) is 4.89. The highest BCUT2D eigenvalue weighted by Gasteiger charge is 2.41. The van der Waals surface area contributed by atoms with E-state index in [0.29, 0.717) is 6.07 Å². The van der Waals surface area contributed by atoms with Gasteiger partial charge in [0.25, 0.3) is 0 Å². The molecule has 0 radical (unpaired) electrons. The van der Waals surface area contributed by atoms with Crippen molar-refractivity contribution in [2.75, 3.05) is 0 Å². The summed E-state index contributed by atoms with van der Waals surface area (Å²) in [6, 6.07) is 13.6. The number of rotatable bonds is 10. The lowest BCUT2D eigenvalue weighted by atomic mass is 9.99. The van der Waals surface area contributed by atoms with E-state index in [1.54, 1.807) is 18.3 Å². The fourth-order valence-corrected chi connectivity index (χ4v) is 4.89. The molecule has 0 bridgehead atoms. The first-order valence-corrected chi connectivity index (χ1v) is 14.0. The summed E-state index contributed by atoms with van der Waals surface area (Å²) in [6.07, 6.45) is 0.883. The Labute approximate surface area is 254 Å². The van der Waals surface area contributed by atoms with E-state index in [0.717, 1.165) is 73.7 Å². The molecule has 45 heavy (non-hydrogen) atoms.